The third kappa shape index (κ3) is 1.94. The molecule has 1 saturated carbocycles. The van der Waals surface area contributed by atoms with Crippen LogP contribution in [0.25, 0.3) is 0 Å². The minimum absolute atomic E-state index is 1.14. The van der Waals surface area contributed by atoms with Crippen LogP contribution < -0.4 is 0 Å². The molecule has 0 aromatic carbocycles. The monoisotopic (exact) mass is 154 g/mol. The van der Waals surface area contributed by atoms with Crippen LogP contribution in [-0.2, 0) is 4.84 Å². The van der Waals surface area contributed by atoms with Crippen LogP contribution in [0.5, 0.6) is 0 Å². The topological polar surface area (TPSA) is 12.5 Å². The van der Waals surface area contributed by atoms with Gasteiger partial charge in [0.15, 0.2) is 0 Å². The molecular weight excluding hydrogens is 138 g/mol. The Kier molecular flexibility index (Phi) is 2.44. The summed E-state index contributed by atoms with van der Waals surface area (Å²) in [6.07, 6.45) is 9.07. The van der Waals surface area contributed by atoms with Gasteiger partial charge in [-0.25, -0.2) is 0 Å². The van der Waals surface area contributed by atoms with Crippen LogP contribution in [0.1, 0.15) is 38.5 Å². The minimum Gasteiger partial charge on any atom is -0.289 e. The second-order valence-corrected chi connectivity index (χ2v) is 3.47. The molecule has 0 aromatic heterocycles. The van der Waals surface area contributed by atoms with Gasteiger partial charge in [-0.15, -0.1) is 0 Å². The van der Waals surface area contributed by atoms with Gasteiger partial charge in [0.1, 0.15) is 6.10 Å². The first-order chi connectivity index (χ1) is 5.45. The van der Waals surface area contributed by atoms with Crippen molar-refractivity contribution < 1.29 is 4.84 Å². The van der Waals surface area contributed by atoms with Crippen molar-refractivity contribution in [1.82, 2.24) is 5.06 Å². The van der Waals surface area contributed by atoms with Crippen LogP contribution in [0.15, 0.2) is 0 Å². The van der Waals surface area contributed by atoms with Crippen molar-refractivity contribution in [3.8, 4) is 0 Å². The average Bonchev–Trinajstić information content (AvgIpc) is 1.99. The largest absolute Gasteiger partial charge is 0.289 e. The van der Waals surface area contributed by atoms with Gasteiger partial charge in [0.25, 0.3) is 0 Å². The minimum atomic E-state index is 1.14. The maximum absolute atomic E-state index is 5.68. The molecule has 2 heteroatoms. The van der Waals surface area contributed by atoms with Gasteiger partial charge in [-0.3, -0.25) is 4.84 Å². The quantitative estimate of drug-likeness (QED) is 0.604. The first-order valence-electron chi connectivity index (χ1n) is 4.73. The Balaban J connectivity index is 1.67. The highest BCUT2D eigenvalue weighted by atomic mass is 16.7. The summed E-state index contributed by atoms with van der Waals surface area (Å²) in [4.78, 5) is 5.68. The fraction of sp³-hybridized carbons (Fsp3) is 0.889. The van der Waals surface area contributed by atoms with Crippen LogP contribution in [0, 0.1) is 6.10 Å². The fourth-order valence-corrected chi connectivity index (χ4v) is 1.55. The van der Waals surface area contributed by atoms with Gasteiger partial charge in [-0.05, 0) is 32.1 Å². The zero-order valence-corrected chi connectivity index (χ0v) is 7.01. The molecule has 1 heterocycles. The summed E-state index contributed by atoms with van der Waals surface area (Å²) in [5.41, 5.74) is 0. The van der Waals surface area contributed by atoms with Gasteiger partial charge in [0.05, 0.1) is 0 Å². The smallest absolute Gasteiger partial charge is 0.121 e. The van der Waals surface area contributed by atoms with E-state index in [0.29, 0.717) is 0 Å². The van der Waals surface area contributed by atoms with E-state index < -0.39 is 0 Å². The number of piperidine rings is 1. The van der Waals surface area contributed by atoms with Crippen molar-refractivity contribution in [3.05, 3.63) is 6.10 Å². The molecule has 2 fully saturated rings. The van der Waals surface area contributed by atoms with E-state index in [1.54, 1.807) is 0 Å². The van der Waals surface area contributed by atoms with Gasteiger partial charge in [0, 0.05) is 13.1 Å². The van der Waals surface area contributed by atoms with E-state index >= 15 is 0 Å². The predicted octanol–water partition coefficient (Wildman–Crippen LogP) is 2.12. The Hall–Kier alpha value is -0.0800. The van der Waals surface area contributed by atoms with E-state index in [4.69, 9.17) is 4.84 Å². The molecule has 1 saturated heterocycles. The van der Waals surface area contributed by atoms with E-state index in [9.17, 15) is 0 Å². The van der Waals surface area contributed by atoms with E-state index in [0.717, 1.165) is 13.1 Å². The Morgan fingerprint density at radius 3 is 2.18 bits per heavy atom. The molecule has 11 heavy (non-hydrogen) atoms. The highest BCUT2D eigenvalue weighted by molar-refractivity contribution is 4.87. The Morgan fingerprint density at radius 2 is 1.64 bits per heavy atom. The van der Waals surface area contributed by atoms with Crippen LogP contribution in [0.3, 0.4) is 0 Å². The molecule has 0 atom stereocenters. The standard InChI is InChI=1S/C9H16NO/c1-2-7-10(8-3-1)11-9-5-4-6-9/h1-8H2. The molecule has 0 amide bonds. The van der Waals surface area contributed by atoms with Crippen molar-refractivity contribution in [2.75, 3.05) is 13.1 Å². The molecule has 2 rings (SSSR count). The van der Waals surface area contributed by atoms with Gasteiger partial charge in [0.2, 0.25) is 0 Å². The highest BCUT2D eigenvalue weighted by Gasteiger charge is 2.23. The summed E-state index contributed by atoms with van der Waals surface area (Å²) in [7, 11) is 0. The molecule has 0 N–H and O–H groups in total. The first kappa shape index (κ1) is 7.56. The van der Waals surface area contributed by atoms with Crippen LogP contribution >= 0.6 is 0 Å². The molecule has 0 aromatic rings. The highest BCUT2D eigenvalue weighted by Crippen LogP contribution is 2.31. The lowest BCUT2D eigenvalue weighted by molar-refractivity contribution is -0.176. The van der Waals surface area contributed by atoms with Gasteiger partial charge < -0.3 is 0 Å². The molecular formula is C9H16NO. The fourth-order valence-electron chi connectivity index (χ4n) is 1.55. The predicted molar refractivity (Wildman–Crippen MR) is 43.6 cm³/mol. The lowest BCUT2D eigenvalue weighted by atomic mass is 9.96. The molecule has 1 aliphatic carbocycles. The Bertz CT molecular complexity index is 117. The zero-order chi connectivity index (χ0) is 7.52. The molecule has 63 valence electrons. The summed E-state index contributed by atoms with van der Waals surface area (Å²) in [5.74, 6) is 0. The van der Waals surface area contributed by atoms with E-state index in [1.807, 2.05) is 0 Å². The first-order valence-corrected chi connectivity index (χ1v) is 4.73. The van der Waals surface area contributed by atoms with Crippen LogP contribution in [0.2, 0.25) is 0 Å². The normalized spacial score (nSPS) is 28.4. The van der Waals surface area contributed by atoms with Crippen molar-refractivity contribution in [1.29, 1.82) is 0 Å². The SMILES string of the molecule is C1CCN(O[C]2CCC2)CC1. The molecule has 2 nitrogen and oxygen atoms in total. The van der Waals surface area contributed by atoms with Gasteiger partial charge >= 0.3 is 0 Å². The van der Waals surface area contributed by atoms with Crippen LogP contribution in [0.4, 0.5) is 0 Å². The zero-order valence-electron chi connectivity index (χ0n) is 7.01. The lowest BCUT2D eigenvalue weighted by Gasteiger charge is -2.33. The van der Waals surface area contributed by atoms with Crippen molar-refractivity contribution >= 4 is 0 Å². The van der Waals surface area contributed by atoms with Crippen LogP contribution in [-0.4, -0.2) is 18.2 Å². The molecule has 0 unspecified atom stereocenters. The number of hydroxylamine groups is 2. The number of hydrogen-bond acceptors (Lipinski definition) is 2. The third-order valence-electron chi connectivity index (χ3n) is 2.48. The van der Waals surface area contributed by atoms with E-state index in [2.05, 4.69) is 5.06 Å². The van der Waals surface area contributed by atoms with E-state index in [-0.39, 0.29) is 0 Å². The van der Waals surface area contributed by atoms with E-state index in [1.165, 1.54) is 44.6 Å². The summed E-state index contributed by atoms with van der Waals surface area (Å²) in [5, 5.41) is 2.14. The summed E-state index contributed by atoms with van der Waals surface area (Å²) in [6.45, 7) is 2.28. The maximum Gasteiger partial charge on any atom is 0.121 e. The number of nitrogens with zero attached hydrogens (tertiary/aromatic N) is 1. The molecule has 1 aliphatic heterocycles. The summed E-state index contributed by atoms with van der Waals surface area (Å²) < 4.78 is 0. The molecule has 2 aliphatic rings. The third-order valence-corrected chi connectivity index (χ3v) is 2.48. The van der Waals surface area contributed by atoms with Gasteiger partial charge in [-0.1, -0.05) is 6.42 Å². The lowest BCUT2D eigenvalue weighted by Crippen LogP contribution is -2.33. The molecule has 0 spiro atoms. The molecule has 0 bridgehead atoms. The second kappa shape index (κ2) is 3.55. The van der Waals surface area contributed by atoms with Crippen molar-refractivity contribution in [2.24, 2.45) is 0 Å². The number of hydrogen-bond donors (Lipinski definition) is 0. The Morgan fingerprint density at radius 1 is 0.909 bits per heavy atom. The summed E-state index contributed by atoms with van der Waals surface area (Å²) >= 11 is 0. The number of rotatable bonds is 2. The second-order valence-electron chi connectivity index (χ2n) is 3.47. The van der Waals surface area contributed by atoms with Gasteiger partial charge in [-0.2, -0.15) is 5.06 Å². The maximum atomic E-state index is 5.68. The summed E-state index contributed by atoms with van der Waals surface area (Å²) in [6, 6.07) is 0. The average molecular weight is 154 g/mol. The van der Waals surface area contributed by atoms with Crippen molar-refractivity contribution in [2.45, 2.75) is 38.5 Å². The Labute approximate surface area is 68.5 Å². The molecule has 1 radical (unpaired) electrons. The van der Waals surface area contributed by atoms with Crippen molar-refractivity contribution in [3.63, 3.8) is 0 Å².